The van der Waals surface area contributed by atoms with E-state index in [2.05, 4.69) is 10.5 Å². The van der Waals surface area contributed by atoms with Gasteiger partial charge in [0, 0.05) is 0 Å². The first-order chi connectivity index (χ1) is 13.6. The van der Waals surface area contributed by atoms with Crippen molar-refractivity contribution in [3.8, 4) is 11.5 Å². The molecule has 142 valence electrons. The molecule has 3 aromatic rings. The second-order valence-corrected chi connectivity index (χ2v) is 5.83. The molecule has 1 amide bonds. The van der Waals surface area contributed by atoms with Gasteiger partial charge in [-0.2, -0.15) is 5.10 Å². The second-order valence-electron chi connectivity index (χ2n) is 5.83. The third-order valence-electron chi connectivity index (χ3n) is 3.61. The summed E-state index contributed by atoms with van der Waals surface area (Å²) in [5.74, 6) is 0.160. The molecule has 0 spiro atoms. The van der Waals surface area contributed by atoms with Crippen LogP contribution in [0.1, 0.15) is 21.7 Å². The van der Waals surface area contributed by atoms with E-state index in [1.165, 1.54) is 18.5 Å². The predicted molar refractivity (Wildman–Crippen MR) is 103 cm³/mol. The van der Waals surface area contributed by atoms with Crippen molar-refractivity contribution >= 4 is 18.1 Å². The molecule has 1 N–H and O–H groups in total. The van der Waals surface area contributed by atoms with Crippen molar-refractivity contribution < 1.29 is 23.5 Å². The highest BCUT2D eigenvalue weighted by Gasteiger charge is 2.10. The zero-order valence-corrected chi connectivity index (χ0v) is 15.1. The van der Waals surface area contributed by atoms with Gasteiger partial charge in [0.15, 0.2) is 6.61 Å². The number of rotatable bonds is 7. The number of aryl methyl sites for hydroxylation is 1. The van der Waals surface area contributed by atoms with Gasteiger partial charge in [-0.1, -0.05) is 17.7 Å². The molecule has 0 fully saturated rings. The van der Waals surface area contributed by atoms with Crippen LogP contribution in [0.5, 0.6) is 11.5 Å². The van der Waals surface area contributed by atoms with Crippen molar-refractivity contribution in [1.29, 1.82) is 0 Å². The molecule has 0 radical (unpaired) electrons. The maximum absolute atomic E-state index is 11.8. The summed E-state index contributed by atoms with van der Waals surface area (Å²) in [6.07, 6.45) is 2.87. The molecule has 7 heteroatoms. The Bertz CT molecular complexity index is 945. The van der Waals surface area contributed by atoms with Gasteiger partial charge >= 0.3 is 5.97 Å². The van der Waals surface area contributed by atoms with E-state index in [4.69, 9.17) is 13.9 Å². The third kappa shape index (κ3) is 5.57. The molecule has 0 bridgehead atoms. The maximum Gasteiger partial charge on any atom is 0.379 e. The van der Waals surface area contributed by atoms with E-state index in [1.54, 1.807) is 42.5 Å². The Morgan fingerprint density at radius 1 is 1.04 bits per heavy atom. The Kier molecular flexibility index (Phi) is 6.20. The number of furan rings is 1. The Morgan fingerprint density at radius 3 is 2.43 bits per heavy atom. The Labute approximate surface area is 161 Å². The van der Waals surface area contributed by atoms with Crippen LogP contribution in [0.4, 0.5) is 0 Å². The molecule has 0 aliphatic carbocycles. The van der Waals surface area contributed by atoms with Gasteiger partial charge in [0.05, 0.1) is 12.5 Å². The molecular formula is C21H18N2O5. The van der Waals surface area contributed by atoms with E-state index < -0.39 is 5.97 Å². The lowest BCUT2D eigenvalue weighted by Gasteiger charge is -2.05. The van der Waals surface area contributed by atoms with Crippen LogP contribution in [0.25, 0.3) is 0 Å². The van der Waals surface area contributed by atoms with E-state index in [0.717, 1.165) is 11.1 Å². The molecule has 2 aromatic carbocycles. The summed E-state index contributed by atoms with van der Waals surface area (Å²) in [5.41, 5.74) is 4.22. The number of carbonyl (C=O) groups is 2. The number of nitrogens with one attached hydrogen (secondary N) is 1. The lowest BCUT2D eigenvalue weighted by molar-refractivity contribution is -0.123. The zero-order valence-electron chi connectivity index (χ0n) is 15.1. The number of hydrogen-bond donors (Lipinski definition) is 1. The minimum Gasteiger partial charge on any atom is -0.484 e. The molecule has 0 atom stereocenters. The second kappa shape index (κ2) is 9.18. The molecular weight excluding hydrogens is 360 g/mol. The highest BCUT2D eigenvalue weighted by atomic mass is 16.5. The number of ether oxygens (including phenoxy) is 2. The smallest absolute Gasteiger partial charge is 0.379 e. The maximum atomic E-state index is 11.8. The Balaban J connectivity index is 1.44. The highest BCUT2D eigenvalue weighted by molar-refractivity contribution is 5.88. The molecule has 0 saturated carbocycles. The SMILES string of the molecule is Cc1ccc(OCC(=O)N/N=C/c2ccc(OC(=O)c3ccco3)cc2)cc1. The summed E-state index contributed by atoms with van der Waals surface area (Å²) in [4.78, 5) is 23.5. The molecule has 1 aromatic heterocycles. The van der Waals surface area contributed by atoms with Crippen LogP contribution in [-0.2, 0) is 4.79 Å². The molecule has 7 nitrogen and oxygen atoms in total. The fourth-order valence-electron chi connectivity index (χ4n) is 2.17. The minimum absolute atomic E-state index is 0.126. The number of esters is 1. The number of hydrazone groups is 1. The summed E-state index contributed by atoms with van der Waals surface area (Å²) in [7, 11) is 0. The average Bonchev–Trinajstić information content (AvgIpc) is 3.24. The van der Waals surface area contributed by atoms with Crippen LogP contribution >= 0.6 is 0 Å². The van der Waals surface area contributed by atoms with Crippen LogP contribution in [0.2, 0.25) is 0 Å². The van der Waals surface area contributed by atoms with Crippen LogP contribution in [-0.4, -0.2) is 24.7 Å². The average molecular weight is 378 g/mol. The van der Waals surface area contributed by atoms with Crippen molar-refractivity contribution in [2.75, 3.05) is 6.61 Å². The number of nitrogens with zero attached hydrogens (tertiary/aromatic N) is 1. The number of carbonyl (C=O) groups excluding carboxylic acids is 2. The molecule has 0 unspecified atom stereocenters. The topological polar surface area (TPSA) is 90.1 Å². The van der Waals surface area contributed by atoms with E-state index in [-0.39, 0.29) is 18.3 Å². The molecule has 0 aliphatic heterocycles. The quantitative estimate of drug-likeness (QED) is 0.295. The fraction of sp³-hybridized carbons (Fsp3) is 0.0952. The van der Waals surface area contributed by atoms with Gasteiger partial charge in [0.1, 0.15) is 11.5 Å². The van der Waals surface area contributed by atoms with Gasteiger partial charge in [-0.05, 0) is 61.0 Å². The van der Waals surface area contributed by atoms with Crippen molar-refractivity contribution in [2.24, 2.45) is 5.10 Å². The minimum atomic E-state index is -0.577. The largest absolute Gasteiger partial charge is 0.484 e. The van der Waals surface area contributed by atoms with Crippen LogP contribution in [0.3, 0.4) is 0 Å². The number of hydrogen-bond acceptors (Lipinski definition) is 6. The summed E-state index contributed by atoms with van der Waals surface area (Å²) in [6.45, 7) is 1.84. The van der Waals surface area contributed by atoms with E-state index in [1.807, 2.05) is 19.1 Å². The van der Waals surface area contributed by atoms with Gasteiger partial charge in [-0.15, -0.1) is 0 Å². The van der Waals surface area contributed by atoms with Gasteiger partial charge in [-0.25, -0.2) is 10.2 Å². The van der Waals surface area contributed by atoms with Gasteiger partial charge < -0.3 is 13.9 Å². The van der Waals surface area contributed by atoms with Crippen molar-refractivity contribution in [2.45, 2.75) is 6.92 Å². The lowest BCUT2D eigenvalue weighted by atomic mass is 10.2. The summed E-state index contributed by atoms with van der Waals surface area (Å²) in [6, 6.07) is 17.2. The summed E-state index contributed by atoms with van der Waals surface area (Å²) < 4.78 is 15.5. The van der Waals surface area contributed by atoms with Gasteiger partial charge in [-0.3, -0.25) is 4.79 Å². The van der Waals surface area contributed by atoms with Crippen molar-refractivity contribution in [3.05, 3.63) is 83.8 Å². The molecule has 3 rings (SSSR count). The van der Waals surface area contributed by atoms with E-state index in [9.17, 15) is 9.59 Å². The monoisotopic (exact) mass is 378 g/mol. The van der Waals surface area contributed by atoms with Crippen LogP contribution in [0, 0.1) is 6.92 Å². The Hall–Kier alpha value is -3.87. The van der Waals surface area contributed by atoms with E-state index in [0.29, 0.717) is 11.5 Å². The molecule has 1 heterocycles. The first-order valence-corrected chi connectivity index (χ1v) is 8.47. The first-order valence-electron chi connectivity index (χ1n) is 8.47. The van der Waals surface area contributed by atoms with Gasteiger partial charge in [0.25, 0.3) is 5.91 Å². The highest BCUT2D eigenvalue weighted by Crippen LogP contribution is 2.14. The van der Waals surface area contributed by atoms with Crippen LogP contribution in [0.15, 0.2) is 76.4 Å². The van der Waals surface area contributed by atoms with E-state index >= 15 is 0 Å². The lowest BCUT2D eigenvalue weighted by Crippen LogP contribution is -2.24. The zero-order chi connectivity index (χ0) is 19.8. The molecule has 0 saturated heterocycles. The number of benzene rings is 2. The van der Waals surface area contributed by atoms with Crippen LogP contribution < -0.4 is 14.9 Å². The molecule has 28 heavy (non-hydrogen) atoms. The first kappa shape index (κ1) is 18.9. The van der Waals surface area contributed by atoms with Crippen molar-refractivity contribution in [3.63, 3.8) is 0 Å². The standard InChI is InChI=1S/C21H18N2O5/c1-15-4-8-17(9-5-15)27-14-20(24)23-22-13-16-6-10-18(11-7-16)28-21(25)19-3-2-12-26-19/h2-13H,14H2,1H3,(H,23,24)/b22-13+. The fourth-order valence-corrected chi connectivity index (χ4v) is 2.17. The summed E-state index contributed by atoms with van der Waals surface area (Å²) >= 11 is 0. The van der Waals surface area contributed by atoms with Gasteiger partial charge in [0.2, 0.25) is 5.76 Å². The number of amides is 1. The normalized spacial score (nSPS) is 10.6. The predicted octanol–water partition coefficient (Wildman–Crippen LogP) is 3.34. The summed E-state index contributed by atoms with van der Waals surface area (Å²) in [5, 5.41) is 3.87. The third-order valence-corrected chi connectivity index (χ3v) is 3.61. The Morgan fingerprint density at radius 2 is 1.75 bits per heavy atom. The van der Waals surface area contributed by atoms with Crippen molar-refractivity contribution in [1.82, 2.24) is 5.43 Å². The molecule has 0 aliphatic rings.